The predicted molar refractivity (Wildman–Crippen MR) is 73.9 cm³/mol. The first-order valence-electron chi connectivity index (χ1n) is 6.86. The van der Waals surface area contributed by atoms with Crippen LogP contribution < -0.4 is 5.32 Å². The highest BCUT2D eigenvalue weighted by molar-refractivity contribution is 4.73. The van der Waals surface area contributed by atoms with Crippen molar-refractivity contribution in [1.29, 1.82) is 0 Å². The maximum Gasteiger partial charge on any atom is 0.00966 e. The Morgan fingerprint density at radius 2 is 1.56 bits per heavy atom. The summed E-state index contributed by atoms with van der Waals surface area (Å²) in [6.45, 7) is 18.4. The van der Waals surface area contributed by atoms with Crippen molar-refractivity contribution in [3.05, 3.63) is 0 Å². The van der Waals surface area contributed by atoms with Crippen molar-refractivity contribution in [2.24, 2.45) is 5.92 Å². The van der Waals surface area contributed by atoms with Crippen molar-refractivity contribution in [2.45, 2.75) is 59.9 Å². The molecule has 1 N–H and O–H groups in total. The second-order valence-corrected chi connectivity index (χ2v) is 6.04. The van der Waals surface area contributed by atoms with Crippen LogP contribution in [0.25, 0.3) is 0 Å². The summed E-state index contributed by atoms with van der Waals surface area (Å²) in [5.41, 5.74) is 0.245. The minimum absolute atomic E-state index is 0.245. The Bertz CT molecular complexity index is 155. The molecule has 0 fully saturated rings. The molecule has 1 unspecified atom stereocenters. The van der Waals surface area contributed by atoms with E-state index in [1.165, 1.54) is 32.5 Å². The first-order chi connectivity index (χ1) is 7.39. The maximum atomic E-state index is 3.58. The van der Waals surface area contributed by atoms with Gasteiger partial charge in [-0.25, -0.2) is 0 Å². The lowest BCUT2D eigenvalue weighted by molar-refractivity contribution is 0.228. The van der Waals surface area contributed by atoms with E-state index in [-0.39, 0.29) is 5.54 Å². The highest BCUT2D eigenvalue weighted by atomic mass is 15.1. The van der Waals surface area contributed by atoms with Crippen LogP contribution in [0.15, 0.2) is 0 Å². The fraction of sp³-hybridized carbons (Fsp3) is 1.00. The third-order valence-corrected chi connectivity index (χ3v) is 2.63. The van der Waals surface area contributed by atoms with E-state index >= 15 is 0 Å². The van der Waals surface area contributed by atoms with E-state index in [4.69, 9.17) is 0 Å². The molecule has 0 heterocycles. The molecule has 0 amide bonds. The number of hydrogen-bond donors (Lipinski definition) is 1. The molecule has 2 nitrogen and oxygen atoms in total. The number of rotatable bonds is 8. The van der Waals surface area contributed by atoms with Crippen molar-refractivity contribution in [2.75, 3.05) is 26.2 Å². The molecule has 0 aliphatic rings. The van der Waals surface area contributed by atoms with Gasteiger partial charge in [0.1, 0.15) is 0 Å². The summed E-state index contributed by atoms with van der Waals surface area (Å²) in [7, 11) is 0. The molecule has 0 rings (SSSR count). The lowest BCUT2D eigenvalue weighted by Gasteiger charge is -2.28. The van der Waals surface area contributed by atoms with Crippen LogP contribution in [0.2, 0.25) is 0 Å². The van der Waals surface area contributed by atoms with Crippen LogP contribution in [-0.4, -0.2) is 36.6 Å². The average Bonchev–Trinajstić information content (AvgIpc) is 2.14. The van der Waals surface area contributed by atoms with Gasteiger partial charge >= 0.3 is 0 Å². The van der Waals surface area contributed by atoms with Crippen molar-refractivity contribution < 1.29 is 0 Å². The number of hydrogen-bond acceptors (Lipinski definition) is 2. The van der Waals surface area contributed by atoms with Crippen LogP contribution >= 0.6 is 0 Å². The summed E-state index contributed by atoms with van der Waals surface area (Å²) in [6.07, 6.45) is 2.53. The first kappa shape index (κ1) is 15.9. The monoisotopic (exact) mass is 228 g/mol. The third-order valence-electron chi connectivity index (χ3n) is 2.63. The van der Waals surface area contributed by atoms with E-state index in [9.17, 15) is 0 Å². The molecule has 0 bridgehead atoms. The average molecular weight is 228 g/mol. The molecule has 0 spiro atoms. The van der Waals surface area contributed by atoms with Crippen molar-refractivity contribution in [3.8, 4) is 0 Å². The van der Waals surface area contributed by atoms with Gasteiger partial charge in [-0.05, 0) is 59.2 Å². The first-order valence-corrected chi connectivity index (χ1v) is 6.86. The van der Waals surface area contributed by atoms with Crippen LogP contribution in [0, 0.1) is 5.92 Å². The summed E-state index contributed by atoms with van der Waals surface area (Å²) in [6, 6.07) is 0. The second-order valence-electron chi connectivity index (χ2n) is 6.04. The molecule has 0 aliphatic heterocycles. The van der Waals surface area contributed by atoms with E-state index in [1.54, 1.807) is 0 Å². The van der Waals surface area contributed by atoms with Crippen LogP contribution in [0.1, 0.15) is 54.4 Å². The standard InChI is InChI=1S/C14H32N2/c1-7-9-16(10-8-2)12-13(3)11-15-14(4,5)6/h13,15H,7-12H2,1-6H3. The molecule has 16 heavy (non-hydrogen) atoms. The van der Waals surface area contributed by atoms with Crippen LogP contribution in [0.3, 0.4) is 0 Å². The largest absolute Gasteiger partial charge is 0.312 e. The molecule has 0 radical (unpaired) electrons. The molecule has 98 valence electrons. The van der Waals surface area contributed by atoms with Crippen LogP contribution in [-0.2, 0) is 0 Å². The van der Waals surface area contributed by atoms with E-state index in [0.717, 1.165) is 12.5 Å². The molecule has 0 aromatic heterocycles. The fourth-order valence-electron chi connectivity index (χ4n) is 1.91. The van der Waals surface area contributed by atoms with Crippen molar-refractivity contribution in [1.82, 2.24) is 10.2 Å². The van der Waals surface area contributed by atoms with E-state index < -0.39 is 0 Å². The third kappa shape index (κ3) is 9.17. The summed E-state index contributed by atoms with van der Waals surface area (Å²) >= 11 is 0. The van der Waals surface area contributed by atoms with Crippen LogP contribution in [0.5, 0.6) is 0 Å². The summed E-state index contributed by atoms with van der Waals surface area (Å²) in [5, 5.41) is 3.58. The second kappa shape index (κ2) is 8.08. The minimum atomic E-state index is 0.245. The van der Waals surface area contributed by atoms with Gasteiger partial charge in [-0.2, -0.15) is 0 Å². The molecule has 0 saturated heterocycles. The Labute approximate surface area is 103 Å². The Kier molecular flexibility index (Phi) is 8.04. The normalized spacial score (nSPS) is 14.4. The molecular weight excluding hydrogens is 196 g/mol. The molecule has 0 saturated carbocycles. The minimum Gasteiger partial charge on any atom is -0.312 e. The van der Waals surface area contributed by atoms with Gasteiger partial charge in [-0.3, -0.25) is 0 Å². The molecule has 1 atom stereocenters. The Morgan fingerprint density at radius 1 is 1.06 bits per heavy atom. The smallest absolute Gasteiger partial charge is 0.00966 e. The van der Waals surface area contributed by atoms with Gasteiger partial charge in [0.15, 0.2) is 0 Å². The number of nitrogens with zero attached hydrogens (tertiary/aromatic N) is 1. The van der Waals surface area contributed by atoms with Crippen LogP contribution in [0.4, 0.5) is 0 Å². The SMILES string of the molecule is CCCN(CCC)CC(C)CNC(C)(C)C. The van der Waals surface area contributed by atoms with Gasteiger partial charge in [-0.1, -0.05) is 20.8 Å². The lowest BCUT2D eigenvalue weighted by Crippen LogP contribution is -2.41. The highest BCUT2D eigenvalue weighted by Gasteiger charge is 2.13. The lowest BCUT2D eigenvalue weighted by atomic mass is 10.1. The Morgan fingerprint density at radius 3 is 1.94 bits per heavy atom. The molecule has 2 heteroatoms. The molecule has 0 aromatic rings. The van der Waals surface area contributed by atoms with Gasteiger partial charge in [0.05, 0.1) is 0 Å². The Balaban J connectivity index is 3.85. The Hall–Kier alpha value is -0.0800. The van der Waals surface area contributed by atoms with E-state index in [2.05, 4.69) is 51.8 Å². The van der Waals surface area contributed by atoms with Gasteiger partial charge in [0.25, 0.3) is 0 Å². The zero-order chi connectivity index (χ0) is 12.6. The summed E-state index contributed by atoms with van der Waals surface area (Å²) in [4.78, 5) is 2.59. The van der Waals surface area contributed by atoms with Gasteiger partial charge < -0.3 is 10.2 Å². The fourth-order valence-corrected chi connectivity index (χ4v) is 1.91. The quantitative estimate of drug-likeness (QED) is 0.686. The molecular formula is C14H32N2. The summed E-state index contributed by atoms with van der Waals surface area (Å²) in [5.74, 6) is 0.734. The van der Waals surface area contributed by atoms with Gasteiger partial charge in [-0.15, -0.1) is 0 Å². The zero-order valence-electron chi connectivity index (χ0n) is 12.3. The summed E-state index contributed by atoms with van der Waals surface area (Å²) < 4.78 is 0. The maximum absolute atomic E-state index is 3.58. The van der Waals surface area contributed by atoms with E-state index in [1.807, 2.05) is 0 Å². The highest BCUT2D eigenvalue weighted by Crippen LogP contribution is 2.04. The van der Waals surface area contributed by atoms with Crippen molar-refractivity contribution in [3.63, 3.8) is 0 Å². The van der Waals surface area contributed by atoms with Gasteiger partial charge in [0.2, 0.25) is 0 Å². The van der Waals surface area contributed by atoms with E-state index in [0.29, 0.717) is 0 Å². The van der Waals surface area contributed by atoms with Crippen molar-refractivity contribution >= 4 is 0 Å². The number of nitrogens with one attached hydrogen (secondary N) is 1. The molecule has 0 aliphatic carbocycles. The zero-order valence-corrected chi connectivity index (χ0v) is 12.3. The van der Waals surface area contributed by atoms with Gasteiger partial charge in [0, 0.05) is 12.1 Å². The predicted octanol–water partition coefficient (Wildman–Crippen LogP) is 3.13. The molecule has 0 aromatic carbocycles. The topological polar surface area (TPSA) is 15.3 Å².